The second kappa shape index (κ2) is 7.14. The Morgan fingerprint density at radius 3 is 2.32 bits per heavy atom. The molecule has 0 spiro atoms. The van der Waals surface area contributed by atoms with E-state index in [1.165, 1.54) is 4.88 Å². The Kier molecular flexibility index (Phi) is 4.81. The van der Waals surface area contributed by atoms with E-state index in [0.29, 0.717) is 5.75 Å². The number of rotatable bonds is 4. The minimum Gasteiger partial charge on any atom is -0.497 e. The van der Waals surface area contributed by atoms with Crippen molar-refractivity contribution in [2.75, 3.05) is 26.6 Å². The van der Waals surface area contributed by atoms with E-state index in [0.717, 1.165) is 38.7 Å². The van der Waals surface area contributed by atoms with Crippen LogP contribution in [0.2, 0.25) is 0 Å². The molecule has 1 aliphatic heterocycles. The van der Waals surface area contributed by atoms with Crippen molar-refractivity contribution in [3.05, 3.63) is 45.9 Å². The van der Waals surface area contributed by atoms with Crippen molar-refractivity contribution >= 4 is 32.1 Å². The van der Waals surface area contributed by atoms with E-state index in [4.69, 9.17) is 19.2 Å². The Bertz CT molecular complexity index is 1100. The van der Waals surface area contributed by atoms with Crippen molar-refractivity contribution in [3.8, 4) is 28.4 Å². The summed E-state index contributed by atoms with van der Waals surface area (Å²) in [7, 11) is 8.41. The summed E-state index contributed by atoms with van der Waals surface area (Å²) in [6.45, 7) is 4.39. The number of hydrogen-bond donors (Lipinski definition) is 1. The third-order valence-electron chi connectivity index (χ3n) is 4.76. The van der Waals surface area contributed by atoms with Crippen molar-refractivity contribution < 1.29 is 14.2 Å². The van der Waals surface area contributed by atoms with Gasteiger partial charge < -0.3 is 19.5 Å². The van der Waals surface area contributed by atoms with E-state index >= 15 is 0 Å². The monoisotopic (exact) mass is 414 g/mol. The summed E-state index contributed by atoms with van der Waals surface area (Å²) in [4.78, 5) is 6.23. The van der Waals surface area contributed by atoms with Gasteiger partial charge in [0.15, 0.2) is 0 Å². The Morgan fingerprint density at radius 1 is 0.893 bits per heavy atom. The van der Waals surface area contributed by atoms with E-state index in [2.05, 4.69) is 31.3 Å². The van der Waals surface area contributed by atoms with Gasteiger partial charge >= 0.3 is 0 Å². The topological polar surface area (TPSA) is 52.1 Å². The smallest absolute Gasteiger partial charge is 0.148 e. The first kappa shape index (κ1) is 18.8. The lowest BCUT2D eigenvalue weighted by atomic mass is 9.90. The minimum atomic E-state index is -0.171. The van der Waals surface area contributed by atoms with Crippen LogP contribution in [-0.4, -0.2) is 21.3 Å². The molecule has 146 valence electrons. The summed E-state index contributed by atoms with van der Waals surface area (Å²) >= 11 is 0. The number of nitrogens with one attached hydrogen (secondary N) is 1. The molecule has 7 heteroatoms. The third-order valence-corrected chi connectivity index (χ3v) is 7.41. The molecule has 2 aromatic carbocycles. The van der Waals surface area contributed by atoms with E-state index < -0.39 is 0 Å². The SMILES string of the molecule is COc1ccc(N=c2ssc3c2-c2cc(OC)ccc2NC3(C)C)c(OC)c1. The molecule has 0 radical (unpaired) electrons. The van der Waals surface area contributed by atoms with Gasteiger partial charge in [0.2, 0.25) is 0 Å². The summed E-state index contributed by atoms with van der Waals surface area (Å²) in [5.41, 5.74) is 3.96. The molecule has 1 aromatic heterocycles. The van der Waals surface area contributed by atoms with Crippen LogP contribution in [0.15, 0.2) is 41.4 Å². The highest BCUT2D eigenvalue weighted by Gasteiger charge is 2.33. The van der Waals surface area contributed by atoms with Gasteiger partial charge in [-0.2, -0.15) is 0 Å². The maximum absolute atomic E-state index is 5.53. The fourth-order valence-electron chi connectivity index (χ4n) is 3.34. The maximum atomic E-state index is 5.53. The summed E-state index contributed by atoms with van der Waals surface area (Å²) in [6, 6.07) is 11.8. The fourth-order valence-corrected chi connectivity index (χ4v) is 6.27. The summed E-state index contributed by atoms with van der Waals surface area (Å²) in [6.07, 6.45) is 0. The molecule has 4 rings (SSSR count). The molecule has 0 saturated carbocycles. The Balaban J connectivity index is 1.95. The average Bonchev–Trinajstić information content (AvgIpc) is 3.13. The molecular formula is C21H22N2O3S2. The summed E-state index contributed by atoms with van der Waals surface area (Å²) < 4.78 is 17.3. The molecule has 0 bridgehead atoms. The van der Waals surface area contributed by atoms with Gasteiger partial charge in [-0.3, -0.25) is 0 Å². The van der Waals surface area contributed by atoms with Gasteiger partial charge in [-0.05, 0) is 44.2 Å². The molecule has 2 heterocycles. The highest BCUT2D eigenvalue weighted by molar-refractivity contribution is 7.68. The van der Waals surface area contributed by atoms with E-state index in [1.54, 1.807) is 42.0 Å². The molecule has 5 nitrogen and oxygen atoms in total. The van der Waals surface area contributed by atoms with Crippen LogP contribution in [0.5, 0.6) is 17.2 Å². The largest absolute Gasteiger partial charge is 0.497 e. The van der Waals surface area contributed by atoms with Gasteiger partial charge in [-0.25, -0.2) is 4.99 Å². The first-order chi connectivity index (χ1) is 13.5. The Morgan fingerprint density at radius 2 is 1.61 bits per heavy atom. The van der Waals surface area contributed by atoms with Crippen LogP contribution in [0.3, 0.4) is 0 Å². The van der Waals surface area contributed by atoms with Crippen LogP contribution in [0.25, 0.3) is 11.1 Å². The van der Waals surface area contributed by atoms with Crippen molar-refractivity contribution in [3.63, 3.8) is 0 Å². The van der Waals surface area contributed by atoms with Crippen molar-refractivity contribution in [2.45, 2.75) is 19.4 Å². The first-order valence-corrected chi connectivity index (χ1v) is 11.0. The van der Waals surface area contributed by atoms with Gasteiger partial charge in [0.05, 0.1) is 31.7 Å². The van der Waals surface area contributed by atoms with E-state index in [-0.39, 0.29) is 5.54 Å². The molecule has 0 atom stereocenters. The van der Waals surface area contributed by atoms with Gasteiger partial charge in [0.25, 0.3) is 0 Å². The highest BCUT2D eigenvalue weighted by Crippen LogP contribution is 2.46. The Labute approximate surface area is 171 Å². The molecule has 0 amide bonds. The zero-order valence-corrected chi connectivity index (χ0v) is 18.1. The molecule has 28 heavy (non-hydrogen) atoms. The third kappa shape index (κ3) is 3.14. The highest BCUT2D eigenvalue weighted by atomic mass is 32.9. The molecule has 1 aliphatic rings. The van der Waals surface area contributed by atoms with E-state index in [1.807, 2.05) is 24.3 Å². The lowest BCUT2D eigenvalue weighted by Crippen LogP contribution is -2.31. The summed E-state index contributed by atoms with van der Waals surface area (Å²) in [5, 5.41) is 3.64. The van der Waals surface area contributed by atoms with Crippen molar-refractivity contribution in [2.24, 2.45) is 4.99 Å². The molecule has 3 aromatic rings. The number of hydrogen-bond acceptors (Lipinski definition) is 7. The Hall–Kier alpha value is -2.51. The maximum Gasteiger partial charge on any atom is 0.148 e. The lowest BCUT2D eigenvalue weighted by Gasteiger charge is -2.33. The fraction of sp³-hybridized carbons (Fsp3) is 0.286. The van der Waals surface area contributed by atoms with E-state index in [9.17, 15) is 0 Å². The van der Waals surface area contributed by atoms with Crippen LogP contribution >= 0.6 is 20.7 Å². The quantitative estimate of drug-likeness (QED) is 0.581. The van der Waals surface area contributed by atoms with Crippen molar-refractivity contribution in [1.82, 2.24) is 0 Å². The molecule has 0 aliphatic carbocycles. The minimum absolute atomic E-state index is 0.171. The molecule has 1 N–H and O–H groups in total. The zero-order chi connectivity index (χ0) is 19.9. The number of fused-ring (bicyclic) bond motifs is 3. The number of nitrogens with zero attached hydrogens (tertiary/aromatic N) is 1. The van der Waals surface area contributed by atoms with Crippen molar-refractivity contribution in [1.29, 1.82) is 0 Å². The van der Waals surface area contributed by atoms with Crippen LogP contribution in [0.4, 0.5) is 11.4 Å². The normalized spacial score (nSPS) is 14.7. The van der Waals surface area contributed by atoms with Gasteiger partial charge in [-0.15, -0.1) is 0 Å². The van der Waals surface area contributed by atoms with Crippen LogP contribution in [0.1, 0.15) is 18.7 Å². The molecular weight excluding hydrogens is 392 g/mol. The summed E-state index contributed by atoms with van der Waals surface area (Å²) in [5.74, 6) is 2.26. The molecule has 0 fully saturated rings. The van der Waals surface area contributed by atoms with Crippen LogP contribution in [-0.2, 0) is 5.54 Å². The van der Waals surface area contributed by atoms with Crippen LogP contribution in [0, 0.1) is 0 Å². The number of anilines is 1. The second-order valence-electron chi connectivity index (χ2n) is 6.99. The molecule has 0 saturated heterocycles. The average molecular weight is 415 g/mol. The lowest BCUT2D eigenvalue weighted by molar-refractivity contribution is 0.395. The van der Waals surface area contributed by atoms with Gasteiger partial charge in [-0.1, -0.05) is 20.7 Å². The number of methoxy groups -OCH3 is 3. The van der Waals surface area contributed by atoms with Gasteiger partial charge in [0.1, 0.15) is 27.6 Å². The first-order valence-electron chi connectivity index (χ1n) is 8.84. The standard InChI is InChI=1S/C21H22N2O3S2/c1-21(2)19-18(14-10-12(24-3)6-8-15(14)23-21)20(28-27-19)22-16-9-7-13(25-4)11-17(16)26-5/h6-11,23H,1-5H3. The number of benzene rings is 2. The van der Waals surface area contributed by atoms with Crippen LogP contribution < -0.4 is 24.2 Å². The number of ether oxygens (including phenoxy) is 3. The predicted octanol–water partition coefficient (Wildman–Crippen LogP) is 5.40. The molecule has 0 unspecified atom stereocenters. The van der Waals surface area contributed by atoms with Gasteiger partial charge in [0, 0.05) is 22.9 Å². The predicted molar refractivity (Wildman–Crippen MR) is 116 cm³/mol. The second-order valence-corrected chi connectivity index (χ2v) is 9.12. The zero-order valence-electron chi connectivity index (χ0n) is 16.5.